The van der Waals surface area contributed by atoms with Gasteiger partial charge in [0.25, 0.3) is 0 Å². The summed E-state index contributed by atoms with van der Waals surface area (Å²) < 4.78 is 33.0. The van der Waals surface area contributed by atoms with Crippen LogP contribution in [0.5, 0.6) is 0 Å². The molecule has 0 radical (unpaired) electrons. The highest BCUT2D eigenvalue weighted by Crippen LogP contribution is 2.32. The van der Waals surface area contributed by atoms with Crippen molar-refractivity contribution in [2.75, 3.05) is 32.8 Å². The summed E-state index contributed by atoms with van der Waals surface area (Å²) in [6, 6.07) is 6.20. The van der Waals surface area contributed by atoms with Crippen molar-refractivity contribution in [3.05, 3.63) is 29.3 Å². The van der Waals surface area contributed by atoms with E-state index < -0.39 is 21.7 Å². The molecule has 2 aliphatic rings. The van der Waals surface area contributed by atoms with E-state index in [1.54, 1.807) is 12.1 Å². The lowest BCUT2D eigenvalue weighted by Crippen LogP contribution is -2.58. The number of sulfonamides is 1. The summed E-state index contributed by atoms with van der Waals surface area (Å²) in [5.41, 5.74) is -0.615. The maximum absolute atomic E-state index is 12.8. The Bertz CT molecular complexity index is 731. The molecule has 0 saturated carbocycles. The summed E-state index contributed by atoms with van der Waals surface area (Å²) >= 11 is 5.91. The van der Waals surface area contributed by atoms with Crippen molar-refractivity contribution >= 4 is 27.7 Å². The third kappa shape index (κ3) is 3.37. The molecule has 2 saturated heterocycles. The summed E-state index contributed by atoms with van der Waals surface area (Å²) in [4.78, 5) is 12.5. The van der Waals surface area contributed by atoms with Gasteiger partial charge in [0.15, 0.2) is 0 Å². The molecule has 2 aliphatic heterocycles. The number of hydrogen-bond donors (Lipinski definition) is 1. The third-order valence-corrected chi connectivity index (χ3v) is 6.67. The Morgan fingerprint density at radius 3 is 2.58 bits per heavy atom. The maximum atomic E-state index is 12.8. The Kier molecular flexibility index (Phi) is 4.74. The zero-order chi connectivity index (χ0) is 17.4. The quantitative estimate of drug-likeness (QED) is 0.853. The molecule has 0 atom stereocenters. The lowest BCUT2D eigenvalue weighted by molar-refractivity contribution is -0.116. The van der Waals surface area contributed by atoms with E-state index in [0.29, 0.717) is 37.6 Å². The highest BCUT2D eigenvalue weighted by molar-refractivity contribution is 7.89. The van der Waals surface area contributed by atoms with Gasteiger partial charge in [-0.1, -0.05) is 17.7 Å². The molecule has 0 unspecified atom stereocenters. The summed E-state index contributed by atoms with van der Waals surface area (Å²) in [5, 5.41) is 9.42. The molecule has 9 heteroatoms. The van der Waals surface area contributed by atoms with Crippen LogP contribution < -0.4 is 0 Å². The van der Waals surface area contributed by atoms with Crippen molar-refractivity contribution in [2.45, 2.75) is 23.3 Å². The lowest BCUT2D eigenvalue weighted by Gasteiger charge is -2.46. The van der Waals surface area contributed by atoms with Crippen LogP contribution in [0.1, 0.15) is 12.8 Å². The Morgan fingerprint density at radius 1 is 1.25 bits per heavy atom. The number of carboxylic acid groups (broad SMARTS) is 1. The smallest absolute Gasteiger partial charge is 0.407 e. The topological polar surface area (TPSA) is 87.2 Å². The van der Waals surface area contributed by atoms with E-state index in [0.717, 1.165) is 0 Å². The minimum Gasteiger partial charge on any atom is -0.465 e. The molecular weight excluding hydrogens is 356 g/mol. The predicted octanol–water partition coefficient (Wildman–Crippen LogP) is 1.87. The van der Waals surface area contributed by atoms with E-state index >= 15 is 0 Å². The van der Waals surface area contributed by atoms with Crippen molar-refractivity contribution in [1.29, 1.82) is 0 Å². The number of rotatable bonds is 2. The van der Waals surface area contributed by atoms with Gasteiger partial charge in [0.05, 0.1) is 17.1 Å². The Labute approximate surface area is 145 Å². The van der Waals surface area contributed by atoms with Gasteiger partial charge in [0.1, 0.15) is 0 Å². The number of benzene rings is 1. The Balaban J connectivity index is 1.77. The summed E-state index contributed by atoms with van der Waals surface area (Å²) in [5.74, 6) is 0. The SMILES string of the molecule is O=C(O)N1CCC2(CC1)CN(S(=O)(=O)c1cccc(Cl)c1)CCO2. The van der Waals surface area contributed by atoms with Gasteiger partial charge < -0.3 is 14.7 Å². The number of halogens is 1. The highest BCUT2D eigenvalue weighted by atomic mass is 35.5. The number of hydrogen-bond acceptors (Lipinski definition) is 4. The first-order chi connectivity index (χ1) is 11.3. The number of ether oxygens (including phenoxy) is 1. The van der Waals surface area contributed by atoms with Crippen LogP contribution in [0.4, 0.5) is 4.79 Å². The van der Waals surface area contributed by atoms with Crippen molar-refractivity contribution in [3.8, 4) is 0 Å². The molecule has 132 valence electrons. The van der Waals surface area contributed by atoms with Crippen molar-refractivity contribution in [1.82, 2.24) is 9.21 Å². The number of likely N-dealkylation sites (tertiary alicyclic amines) is 1. The summed E-state index contributed by atoms with van der Waals surface area (Å²) in [7, 11) is -3.65. The molecular formula is C15H19ClN2O5S. The highest BCUT2D eigenvalue weighted by Gasteiger charge is 2.43. The van der Waals surface area contributed by atoms with E-state index in [-0.39, 0.29) is 18.0 Å². The second-order valence-corrected chi connectivity index (χ2v) is 8.47. The first-order valence-electron chi connectivity index (χ1n) is 7.70. The molecule has 0 bridgehead atoms. The van der Waals surface area contributed by atoms with Gasteiger partial charge in [-0.25, -0.2) is 13.2 Å². The fraction of sp³-hybridized carbons (Fsp3) is 0.533. The zero-order valence-electron chi connectivity index (χ0n) is 13.0. The second-order valence-electron chi connectivity index (χ2n) is 6.10. The largest absolute Gasteiger partial charge is 0.465 e. The Hall–Kier alpha value is -1.35. The number of amides is 1. The van der Waals surface area contributed by atoms with Crippen molar-refractivity contribution in [3.63, 3.8) is 0 Å². The molecule has 1 aromatic rings. The monoisotopic (exact) mass is 374 g/mol. The molecule has 2 fully saturated rings. The van der Waals surface area contributed by atoms with Crippen LogP contribution in [0.25, 0.3) is 0 Å². The minimum atomic E-state index is -3.65. The molecule has 0 aromatic heterocycles. The minimum absolute atomic E-state index is 0.162. The van der Waals surface area contributed by atoms with Gasteiger partial charge in [-0.15, -0.1) is 0 Å². The molecule has 24 heavy (non-hydrogen) atoms. The summed E-state index contributed by atoms with van der Waals surface area (Å²) in [6.45, 7) is 1.50. The van der Waals surface area contributed by atoms with Crippen LogP contribution in [0, 0.1) is 0 Å². The van der Waals surface area contributed by atoms with Crippen LogP contribution in [0.2, 0.25) is 5.02 Å². The van der Waals surface area contributed by atoms with Crippen molar-refractivity contribution in [2.24, 2.45) is 0 Å². The number of nitrogens with zero attached hydrogens (tertiary/aromatic N) is 2. The van der Waals surface area contributed by atoms with Gasteiger partial charge in [0, 0.05) is 31.2 Å². The van der Waals surface area contributed by atoms with Crippen LogP contribution in [0.3, 0.4) is 0 Å². The first kappa shape index (κ1) is 17.5. The number of morpholine rings is 1. The van der Waals surface area contributed by atoms with Gasteiger partial charge in [-0.05, 0) is 31.0 Å². The average molecular weight is 375 g/mol. The molecule has 1 amide bonds. The normalized spacial score (nSPS) is 21.8. The van der Waals surface area contributed by atoms with E-state index in [1.165, 1.54) is 21.3 Å². The van der Waals surface area contributed by atoms with Crippen molar-refractivity contribution < 1.29 is 23.1 Å². The van der Waals surface area contributed by atoms with Gasteiger partial charge in [0.2, 0.25) is 10.0 Å². The van der Waals surface area contributed by atoms with Gasteiger partial charge in [-0.3, -0.25) is 0 Å². The Morgan fingerprint density at radius 2 is 1.96 bits per heavy atom. The third-order valence-electron chi connectivity index (χ3n) is 4.59. The van der Waals surface area contributed by atoms with E-state index in [4.69, 9.17) is 21.4 Å². The lowest BCUT2D eigenvalue weighted by atomic mass is 9.90. The van der Waals surface area contributed by atoms with E-state index in [9.17, 15) is 13.2 Å². The maximum Gasteiger partial charge on any atom is 0.407 e. The van der Waals surface area contributed by atoms with Crippen LogP contribution in [-0.4, -0.2) is 67.2 Å². The standard InChI is InChI=1S/C15H19ClN2O5S/c16-12-2-1-3-13(10-12)24(21,22)18-8-9-23-15(11-18)4-6-17(7-5-15)14(19)20/h1-3,10H,4-9,11H2,(H,19,20). The van der Waals surface area contributed by atoms with Crippen LogP contribution >= 0.6 is 11.6 Å². The fourth-order valence-corrected chi connectivity index (χ4v) is 5.00. The molecule has 0 aliphatic carbocycles. The molecule has 7 nitrogen and oxygen atoms in total. The van der Waals surface area contributed by atoms with Gasteiger partial charge in [-0.2, -0.15) is 4.31 Å². The second kappa shape index (κ2) is 6.51. The number of piperidine rings is 1. The molecule has 2 heterocycles. The summed E-state index contributed by atoms with van der Waals surface area (Å²) in [6.07, 6.45) is 0.0194. The number of carbonyl (C=O) groups is 1. The van der Waals surface area contributed by atoms with Gasteiger partial charge >= 0.3 is 6.09 Å². The predicted molar refractivity (Wildman–Crippen MR) is 87.7 cm³/mol. The zero-order valence-corrected chi connectivity index (χ0v) is 14.6. The molecule has 3 rings (SSSR count). The van der Waals surface area contributed by atoms with Crippen LogP contribution in [0.15, 0.2) is 29.2 Å². The van der Waals surface area contributed by atoms with E-state index in [2.05, 4.69) is 0 Å². The van der Waals surface area contributed by atoms with Crippen LogP contribution in [-0.2, 0) is 14.8 Å². The molecule has 1 aromatic carbocycles. The molecule has 1 N–H and O–H groups in total. The fourth-order valence-electron chi connectivity index (χ4n) is 3.20. The average Bonchev–Trinajstić information content (AvgIpc) is 2.55. The van der Waals surface area contributed by atoms with E-state index in [1.807, 2.05) is 0 Å². The first-order valence-corrected chi connectivity index (χ1v) is 9.52. The molecule has 1 spiro atoms.